The van der Waals surface area contributed by atoms with Gasteiger partial charge in [0.2, 0.25) is 0 Å². The van der Waals surface area contributed by atoms with Gasteiger partial charge in [-0.25, -0.2) is 4.98 Å². The van der Waals surface area contributed by atoms with Crippen LogP contribution >= 0.6 is 0 Å². The summed E-state index contributed by atoms with van der Waals surface area (Å²) in [5.74, 6) is 0.808. The van der Waals surface area contributed by atoms with E-state index in [0.29, 0.717) is 0 Å². The molecule has 0 radical (unpaired) electrons. The molecule has 0 amide bonds. The average molecular weight is 240 g/mol. The Labute approximate surface area is 104 Å². The molecule has 0 aliphatic heterocycles. The van der Waals surface area contributed by atoms with Gasteiger partial charge >= 0.3 is 0 Å². The fourth-order valence-corrected chi connectivity index (χ4v) is 2.22. The zero-order chi connectivity index (χ0) is 12.7. The van der Waals surface area contributed by atoms with Crippen molar-refractivity contribution in [1.29, 1.82) is 0 Å². The predicted molar refractivity (Wildman–Crippen MR) is 67.0 cm³/mol. The maximum absolute atomic E-state index is 5.20. The summed E-state index contributed by atoms with van der Waals surface area (Å²) in [7, 11) is 0. The number of aromatic nitrogens is 4. The van der Waals surface area contributed by atoms with Gasteiger partial charge in [0.25, 0.3) is 0 Å². The quantitative estimate of drug-likeness (QED) is 0.654. The Morgan fingerprint density at radius 2 is 1.94 bits per heavy atom. The van der Waals surface area contributed by atoms with Crippen LogP contribution in [-0.4, -0.2) is 20.3 Å². The van der Waals surface area contributed by atoms with E-state index in [9.17, 15) is 0 Å². The highest BCUT2D eigenvalue weighted by atomic mass is 16.5. The highest BCUT2D eigenvalue weighted by Crippen LogP contribution is 2.29. The fourth-order valence-electron chi connectivity index (χ4n) is 2.22. The molecular weight excluding hydrogens is 228 g/mol. The van der Waals surface area contributed by atoms with E-state index in [2.05, 4.69) is 26.4 Å². The molecule has 18 heavy (non-hydrogen) atoms. The molecule has 2 heterocycles. The van der Waals surface area contributed by atoms with Crippen molar-refractivity contribution in [3.05, 3.63) is 35.5 Å². The Morgan fingerprint density at radius 1 is 1.11 bits per heavy atom. The van der Waals surface area contributed by atoms with E-state index in [1.54, 1.807) is 0 Å². The van der Waals surface area contributed by atoms with Gasteiger partial charge in [0, 0.05) is 5.56 Å². The molecule has 5 nitrogen and oxygen atoms in total. The number of hydrogen-bond donors (Lipinski definition) is 0. The Bertz CT molecular complexity index is 713. The Morgan fingerprint density at radius 3 is 2.67 bits per heavy atom. The summed E-state index contributed by atoms with van der Waals surface area (Å²) in [6.07, 6.45) is 1.46. The third-order valence-corrected chi connectivity index (χ3v) is 3.01. The first-order chi connectivity index (χ1) is 8.66. The SMILES string of the molecule is Cc1noc(C)c1-c1cc(C)c2ncnnc2c1. The van der Waals surface area contributed by atoms with Gasteiger partial charge in [-0.2, -0.15) is 0 Å². The van der Waals surface area contributed by atoms with Gasteiger partial charge in [-0.05, 0) is 44.0 Å². The van der Waals surface area contributed by atoms with Crippen LogP contribution < -0.4 is 0 Å². The molecule has 0 unspecified atom stereocenters. The predicted octanol–water partition coefficient (Wildman–Crippen LogP) is 2.61. The van der Waals surface area contributed by atoms with E-state index in [1.165, 1.54) is 6.33 Å². The Kier molecular flexibility index (Phi) is 2.33. The van der Waals surface area contributed by atoms with Crippen molar-refractivity contribution in [1.82, 2.24) is 20.3 Å². The van der Waals surface area contributed by atoms with Crippen molar-refractivity contribution in [3.63, 3.8) is 0 Å². The molecule has 5 heteroatoms. The minimum atomic E-state index is 0.785. The molecule has 2 aromatic heterocycles. The molecule has 0 N–H and O–H groups in total. The molecule has 0 aliphatic rings. The zero-order valence-electron chi connectivity index (χ0n) is 10.4. The van der Waals surface area contributed by atoms with Crippen LogP contribution in [0.4, 0.5) is 0 Å². The minimum absolute atomic E-state index is 0.785. The molecule has 0 spiro atoms. The summed E-state index contributed by atoms with van der Waals surface area (Å²) in [6.45, 7) is 5.85. The second kappa shape index (κ2) is 3.87. The van der Waals surface area contributed by atoms with E-state index in [-0.39, 0.29) is 0 Å². The molecule has 3 aromatic rings. The molecule has 0 fully saturated rings. The summed E-state index contributed by atoms with van der Waals surface area (Å²) < 4.78 is 5.20. The van der Waals surface area contributed by atoms with Crippen molar-refractivity contribution >= 4 is 11.0 Å². The van der Waals surface area contributed by atoms with Crippen molar-refractivity contribution in [2.24, 2.45) is 0 Å². The van der Waals surface area contributed by atoms with E-state index in [4.69, 9.17) is 4.52 Å². The van der Waals surface area contributed by atoms with E-state index >= 15 is 0 Å². The fraction of sp³-hybridized carbons (Fsp3) is 0.231. The lowest BCUT2D eigenvalue weighted by Crippen LogP contribution is -1.92. The van der Waals surface area contributed by atoms with E-state index in [0.717, 1.165) is 39.2 Å². The number of aryl methyl sites for hydroxylation is 3. The largest absolute Gasteiger partial charge is 0.361 e. The number of benzene rings is 1. The molecule has 90 valence electrons. The van der Waals surface area contributed by atoms with Crippen LogP contribution in [0.1, 0.15) is 17.0 Å². The van der Waals surface area contributed by atoms with Crippen molar-refractivity contribution in [2.75, 3.05) is 0 Å². The molecule has 0 saturated carbocycles. The summed E-state index contributed by atoms with van der Waals surface area (Å²) in [6, 6.07) is 4.04. The lowest BCUT2D eigenvalue weighted by molar-refractivity contribution is 0.393. The van der Waals surface area contributed by atoms with Crippen molar-refractivity contribution in [3.8, 4) is 11.1 Å². The van der Waals surface area contributed by atoms with Crippen molar-refractivity contribution < 1.29 is 4.52 Å². The third-order valence-electron chi connectivity index (χ3n) is 3.01. The van der Waals surface area contributed by atoms with Crippen LogP contribution in [0.25, 0.3) is 22.2 Å². The van der Waals surface area contributed by atoms with Crippen LogP contribution in [0.15, 0.2) is 23.0 Å². The molecule has 0 atom stereocenters. The Balaban J connectivity index is 2.31. The second-order valence-electron chi connectivity index (χ2n) is 4.32. The smallest absolute Gasteiger partial charge is 0.141 e. The van der Waals surface area contributed by atoms with Crippen LogP contribution in [0, 0.1) is 20.8 Å². The monoisotopic (exact) mass is 240 g/mol. The first-order valence-corrected chi connectivity index (χ1v) is 5.68. The number of nitrogens with zero attached hydrogens (tertiary/aromatic N) is 4. The van der Waals surface area contributed by atoms with Gasteiger partial charge in [0.05, 0.1) is 11.2 Å². The number of rotatable bonds is 1. The standard InChI is InChI=1S/C13H12N4O/c1-7-4-10(12-8(2)17-18-9(12)3)5-11-13(7)14-6-15-16-11/h4-6H,1-3H3. The molecular formula is C13H12N4O. The average Bonchev–Trinajstić information content (AvgIpc) is 2.69. The first-order valence-electron chi connectivity index (χ1n) is 5.68. The lowest BCUT2D eigenvalue weighted by atomic mass is 10.0. The van der Waals surface area contributed by atoms with Crippen molar-refractivity contribution in [2.45, 2.75) is 20.8 Å². The van der Waals surface area contributed by atoms with E-state index in [1.807, 2.05) is 26.8 Å². The minimum Gasteiger partial charge on any atom is -0.361 e. The molecule has 0 bridgehead atoms. The molecule has 0 aliphatic carbocycles. The third kappa shape index (κ3) is 1.55. The maximum atomic E-state index is 5.20. The molecule has 1 aromatic carbocycles. The van der Waals surface area contributed by atoms with Gasteiger partial charge in [-0.15, -0.1) is 10.2 Å². The van der Waals surface area contributed by atoms with Crippen LogP contribution in [-0.2, 0) is 0 Å². The highest BCUT2D eigenvalue weighted by molar-refractivity contribution is 5.84. The zero-order valence-corrected chi connectivity index (χ0v) is 10.4. The summed E-state index contributed by atoms with van der Waals surface area (Å²) in [4.78, 5) is 4.24. The molecule has 3 rings (SSSR count). The summed E-state index contributed by atoms with van der Waals surface area (Å²) in [5, 5.41) is 11.9. The highest BCUT2D eigenvalue weighted by Gasteiger charge is 2.13. The van der Waals surface area contributed by atoms with E-state index < -0.39 is 0 Å². The second-order valence-corrected chi connectivity index (χ2v) is 4.32. The van der Waals surface area contributed by atoms with Gasteiger partial charge in [-0.3, -0.25) is 0 Å². The van der Waals surface area contributed by atoms with Gasteiger partial charge in [0.1, 0.15) is 17.6 Å². The first kappa shape index (κ1) is 10.8. The van der Waals surface area contributed by atoms with Gasteiger partial charge in [0.15, 0.2) is 0 Å². The van der Waals surface area contributed by atoms with Gasteiger partial charge in [-0.1, -0.05) is 5.16 Å². The topological polar surface area (TPSA) is 64.7 Å². The van der Waals surface area contributed by atoms with Crippen LogP contribution in [0.3, 0.4) is 0 Å². The lowest BCUT2D eigenvalue weighted by Gasteiger charge is -2.04. The summed E-state index contributed by atoms with van der Waals surface area (Å²) in [5.41, 5.74) is 5.66. The number of fused-ring (bicyclic) bond motifs is 1. The van der Waals surface area contributed by atoms with Crippen LogP contribution in [0.2, 0.25) is 0 Å². The maximum Gasteiger partial charge on any atom is 0.141 e. The van der Waals surface area contributed by atoms with Crippen LogP contribution in [0.5, 0.6) is 0 Å². The molecule has 0 saturated heterocycles. The normalized spacial score (nSPS) is 11.1. The number of hydrogen-bond acceptors (Lipinski definition) is 5. The summed E-state index contributed by atoms with van der Waals surface area (Å²) >= 11 is 0. The van der Waals surface area contributed by atoms with Gasteiger partial charge < -0.3 is 4.52 Å². The Hall–Kier alpha value is -2.30.